The average molecular weight is 310 g/mol. The van der Waals surface area contributed by atoms with Gasteiger partial charge in [-0.25, -0.2) is 4.98 Å². The molecule has 0 saturated carbocycles. The number of nitrogens with one attached hydrogen (secondary N) is 1. The summed E-state index contributed by atoms with van der Waals surface area (Å²) >= 11 is 1.71. The molecule has 0 amide bonds. The minimum atomic E-state index is 0.0139. The third kappa shape index (κ3) is 2.28. The minimum Gasteiger partial charge on any atom is -0.306 e. The normalized spacial score (nSPS) is 14.8. The van der Waals surface area contributed by atoms with Crippen molar-refractivity contribution in [3.05, 3.63) is 50.6 Å². The van der Waals surface area contributed by atoms with Gasteiger partial charge < -0.3 is 4.98 Å². The van der Waals surface area contributed by atoms with Crippen LogP contribution in [0.5, 0.6) is 0 Å². The highest BCUT2D eigenvalue weighted by Gasteiger charge is 2.19. The van der Waals surface area contributed by atoms with Crippen molar-refractivity contribution in [2.75, 3.05) is 0 Å². The van der Waals surface area contributed by atoms with Crippen LogP contribution in [-0.2, 0) is 12.8 Å². The minimum absolute atomic E-state index is 0.0139. The SMILES string of the molecule is Cc1ccc(-c2nc3sc4c(c3c(=O)[nH]2)CCCCC4)cc1. The number of rotatable bonds is 1. The van der Waals surface area contributed by atoms with E-state index in [0.717, 1.165) is 28.6 Å². The lowest BCUT2D eigenvalue weighted by atomic mass is 10.1. The first-order valence-electron chi connectivity index (χ1n) is 7.84. The topological polar surface area (TPSA) is 45.8 Å². The Labute approximate surface area is 133 Å². The third-order valence-corrected chi connectivity index (χ3v) is 5.59. The van der Waals surface area contributed by atoms with Crippen molar-refractivity contribution in [2.24, 2.45) is 0 Å². The molecule has 0 bridgehead atoms. The lowest BCUT2D eigenvalue weighted by Crippen LogP contribution is -2.10. The van der Waals surface area contributed by atoms with E-state index in [1.165, 1.54) is 35.3 Å². The second-order valence-electron chi connectivity index (χ2n) is 6.03. The van der Waals surface area contributed by atoms with Gasteiger partial charge in [0.2, 0.25) is 0 Å². The molecule has 1 aromatic carbocycles. The van der Waals surface area contributed by atoms with Crippen LogP contribution in [0.1, 0.15) is 35.3 Å². The number of H-pyrrole nitrogens is 1. The van der Waals surface area contributed by atoms with E-state index in [1.54, 1.807) is 11.3 Å². The van der Waals surface area contributed by atoms with Crippen molar-refractivity contribution < 1.29 is 0 Å². The van der Waals surface area contributed by atoms with Gasteiger partial charge in [0.05, 0.1) is 5.39 Å². The van der Waals surface area contributed by atoms with Crippen LogP contribution in [0.2, 0.25) is 0 Å². The Kier molecular flexibility index (Phi) is 3.34. The van der Waals surface area contributed by atoms with E-state index >= 15 is 0 Å². The van der Waals surface area contributed by atoms with Crippen LogP contribution in [-0.4, -0.2) is 9.97 Å². The van der Waals surface area contributed by atoms with E-state index in [4.69, 9.17) is 4.98 Å². The maximum atomic E-state index is 12.6. The number of aromatic amines is 1. The summed E-state index contributed by atoms with van der Waals surface area (Å²) in [7, 11) is 0. The number of fused-ring (bicyclic) bond motifs is 3. The van der Waals surface area contributed by atoms with Crippen molar-refractivity contribution in [3.63, 3.8) is 0 Å². The van der Waals surface area contributed by atoms with Crippen LogP contribution >= 0.6 is 11.3 Å². The third-order valence-electron chi connectivity index (χ3n) is 4.40. The van der Waals surface area contributed by atoms with Gasteiger partial charge in [-0.15, -0.1) is 11.3 Å². The molecule has 3 aromatic rings. The van der Waals surface area contributed by atoms with Gasteiger partial charge in [-0.2, -0.15) is 0 Å². The molecule has 3 nitrogen and oxygen atoms in total. The van der Waals surface area contributed by atoms with Crippen molar-refractivity contribution in [1.29, 1.82) is 0 Å². The highest BCUT2D eigenvalue weighted by molar-refractivity contribution is 7.18. The summed E-state index contributed by atoms with van der Waals surface area (Å²) in [4.78, 5) is 22.6. The maximum Gasteiger partial charge on any atom is 0.260 e. The van der Waals surface area contributed by atoms with E-state index < -0.39 is 0 Å². The van der Waals surface area contributed by atoms with Crippen molar-refractivity contribution in [2.45, 2.75) is 39.0 Å². The molecule has 1 aliphatic rings. The number of aromatic nitrogens is 2. The summed E-state index contributed by atoms with van der Waals surface area (Å²) in [5, 5.41) is 0.831. The first-order chi connectivity index (χ1) is 10.7. The molecule has 4 rings (SSSR count). The van der Waals surface area contributed by atoms with Gasteiger partial charge >= 0.3 is 0 Å². The smallest absolute Gasteiger partial charge is 0.260 e. The molecule has 0 spiro atoms. The molecule has 1 N–H and O–H groups in total. The lowest BCUT2D eigenvalue weighted by molar-refractivity contribution is 0.713. The first-order valence-corrected chi connectivity index (χ1v) is 8.65. The maximum absolute atomic E-state index is 12.6. The Bertz CT molecular complexity index is 890. The zero-order valence-electron chi connectivity index (χ0n) is 12.6. The molecule has 0 atom stereocenters. The van der Waals surface area contributed by atoms with Crippen molar-refractivity contribution in [3.8, 4) is 11.4 Å². The number of benzene rings is 1. The van der Waals surface area contributed by atoms with Gasteiger partial charge in [0.15, 0.2) is 0 Å². The predicted molar refractivity (Wildman–Crippen MR) is 91.7 cm³/mol. The van der Waals surface area contributed by atoms with Crippen LogP contribution in [0.3, 0.4) is 0 Å². The number of hydrogen-bond donors (Lipinski definition) is 1. The van der Waals surface area contributed by atoms with Crippen LogP contribution in [0.25, 0.3) is 21.6 Å². The van der Waals surface area contributed by atoms with Crippen molar-refractivity contribution >= 4 is 21.6 Å². The quantitative estimate of drug-likeness (QED) is 0.684. The van der Waals surface area contributed by atoms with E-state index in [1.807, 2.05) is 24.3 Å². The summed E-state index contributed by atoms with van der Waals surface area (Å²) in [6.07, 6.45) is 5.77. The average Bonchev–Trinajstić information content (AvgIpc) is 2.70. The Morgan fingerprint density at radius 3 is 2.68 bits per heavy atom. The summed E-state index contributed by atoms with van der Waals surface area (Å²) in [6, 6.07) is 8.11. The molecule has 1 aliphatic carbocycles. The van der Waals surface area contributed by atoms with Gasteiger partial charge in [-0.1, -0.05) is 36.2 Å². The molecule has 2 aromatic heterocycles. The number of thiophene rings is 1. The van der Waals surface area contributed by atoms with Gasteiger partial charge in [0.1, 0.15) is 10.7 Å². The molecule has 2 heterocycles. The summed E-state index contributed by atoms with van der Waals surface area (Å²) < 4.78 is 0. The number of hydrogen-bond acceptors (Lipinski definition) is 3. The Hall–Kier alpha value is -1.94. The molecule has 0 radical (unpaired) electrons. The van der Waals surface area contributed by atoms with Gasteiger partial charge in [0, 0.05) is 10.4 Å². The highest BCUT2D eigenvalue weighted by atomic mass is 32.1. The number of aryl methyl sites for hydroxylation is 3. The van der Waals surface area contributed by atoms with Crippen LogP contribution < -0.4 is 5.56 Å². The fourth-order valence-corrected chi connectivity index (χ4v) is 4.45. The Morgan fingerprint density at radius 1 is 1.09 bits per heavy atom. The molecule has 22 heavy (non-hydrogen) atoms. The fraction of sp³-hybridized carbons (Fsp3) is 0.333. The summed E-state index contributed by atoms with van der Waals surface area (Å²) in [5.74, 6) is 0.675. The van der Waals surface area contributed by atoms with Crippen LogP contribution in [0.15, 0.2) is 29.1 Å². The van der Waals surface area contributed by atoms with Gasteiger partial charge in [-0.3, -0.25) is 4.79 Å². The second kappa shape index (κ2) is 5.36. The molecular formula is C18H18N2OS. The lowest BCUT2D eigenvalue weighted by Gasteiger charge is -2.02. The fourth-order valence-electron chi connectivity index (χ4n) is 3.19. The van der Waals surface area contributed by atoms with Crippen LogP contribution in [0.4, 0.5) is 0 Å². The predicted octanol–water partition coefficient (Wildman–Crippen LogP) is 4.23. The van der Waals surface area contributed by atoms with E-state index in [2.05, 4.69) is 11.9 Å². The first kappa shape index (κ1) is 13.7. The van der Waals surface area contributed by atoms with Crippen molar-refractivity contribution in [1.82, 2.24) is 9.97 Å². The standard InChI is InChI=1S/C18H18N2OS/c1-11-7-9-12(10-8-11)16-19-17(21)15-13-5-3-2-4-6-14(13)22-18(15)20-16/h7-10H,2-6H2,1H3,(H,19,20,21). The molecular weight excluding hydrogens is 292 g/mol. The van der Waals surface area contributed by atoms with E-state index in [-0.39, 0.29) is 5.56 Å². The zero-order valence-corrected chi connectivity index (χ0v) is 13.4. The van der Waals surface area contributed by atoms with E-state index in [9.17, 15) is 4.79 Å². The highest BCUT2D eigenvalue weighted by Crippen LogP contribution is 2.33. The Morgan fingerprint density at radius 2 is 1.86 bits per heavy atom. The molecule has 0 saturated heterocycles. The summed E-state index contributed by atoms with van der Waals surface area (Å²) in [5.41, 5.74) is 3.44. The van der Waals surface area contributed by atoms with Gasteiger partial charge in [-0.05, 0) is 38.2 Å². The summed E-state index contributed by atoms with van der Waals surface area (Å²) in [6.45, 7) is 2.06. The largest absolute Gasteiger partial charge is 0.306 e. The molecule has 4 heteroatoms. The van der Waals surface area contributed by atoms with Crippen LogP contribution in [0, 0.1) is 6.92 Å². The second-order valence-corrected chi connectivity index (χ2v) is 7.11. The zero-order chi connectivity index (χ0) is 15.1. The monoisotopic (exact) mass is 310 g/mol. The number of nitrogens with zero attached hydrogens (tertiary/aromatic N) is 1. The van der Waals surface area contributed by atoms with Gasteiger partial charge in [0.25, 0.3) is 5.56 Å². The molecule has 0 aliphatic heterocycles. The molecule has 112 valence electrons. The Balaban J connectivity index is 1.90. The molecule has 0 unspecified atom stereocenters. The van der Waals surface area contributed by atoms with E-state index in [0.29, 0.717) is 5.82 Å². The molecule has 0 fully saturated rings.